The van der Waals surface area contributed by atoms with E-state index < -0.39 is 0 Å². The van der Waals surface area contributed by atoms with Gasteiger partial charge in [-0.2, -0.15) is 0 Å². The Morgan fingerprint density at radius 3 is 2.16 bits per heavy atom. The maximum absolute atomic E-state index is 12.3. The molecule has 19 heavy (non-hydrogen) atoms. The van der Waals surface area contributed by atoms with Crippen molar-refractivity contribution in [2.75, 3.05) is 0 Å². The van der Waals surface area contributed by atoms with Gasteiger partial charge in [0.25, 0.3) is 0 Å². The van der Waals surface area contributed by atoms with Crippen LogP contribution in [0.25, 0.3) is 0 Å². The number of nitrogens with one attached hydrogen (secondary N) is 1. The van der Waals surface area contributed by atoms with E-state index in [-0.39, 0.29) is 17.9 Å². The average Bonchev–Trinajstić information content (AvgIpc) is 2.40. The van der Waals surface area contributed by atoms with E-state index in [1.165, 1.54) is 32.1 Å². The van der Waals surface area contributed by atoms with E-state index in [4.69, 9.17) is 5.73 Å². The molecule has 0 aromatic carbocycles. The first kappa shape index (κ1) is 13.4. The van der Waals surface area contributed by atoms with Gasteiger partial charge in [-0.25, -0.2) is 0 Å². The third-order valence-corrected chi connectivity index (χ3v) is 6.10. The summed E-state index contributed by atoms with van der Waals surface area (Å²) in [4.78, 5) is 12.3. The van der Waals surface area contributed by atoms with Crippen molar-refractivity contribution in [1.82, 2.24) is 5.32 Å². The van der Waals surface area contributed by atoms with Crippen LogP contribution in [-0.2, 0) is 4.79 Å². The lowest BCUT2D eigenvalue weighted by molar-refractivity contribution is -0.127. The Morgan fingerprint density at radius 1 is 1.16 bits per heavy atom. The highest BCUT2D eigenvalue weighted by atomic mass is 16.2. The highest BCUT2D eigenvalue weighted by Crippen LogP contribution is 2.53. The van der Waals surface area contributed by atoms with E-state index in [0.717, 1.165) is 30.1 Å². The molecule has 4 bridgehead atoms. The fourth-order valence-corrected chi connectivity index (χ4v) is 4.93. The molecule has 4 saturated carbocycles. The first-order valence-corrected chi connectivity index (χ1v) is 8.14. The van der Waals surface area contributed by atoms with Crippen molar-refractivity contribution in [1.29, 1.82) is 0 Å². The third kappa shape index (κ3) is 2.42. The number of amides is 1. The van der Waals surface area contributed by atoms with Gasteiger partial charge in [-0.05, 0) is 61.7 Å². The molecule has 0 aromatic heterocycles. The molecule has 0 aliphatic heterocycles. The Kier molecular flexibility index (Phi) is 3.59. The largest absolute Gasteiger partial charge is 0.351 e. The number of hydrogen-bond donors (Lipinski definition) is 2. The monoisotopic (exact) mass is 264 g/mol. The fraction of sp³-hybridized carbons (Fsp3) is 0.938. The first-order valence-electron chi connectivity index (χ1n) is 8.14. The number of carbonyl (C=O) groups excluding carboxylic acids is 1. The van der Waals surface area contributed by atoms with E-state index in [9.17, 15) is 4.79 Å². The molecule has 108 valence electrons. The van der Waals surface area contributed by atoms with Crippen molar-refractivity contribution in [2.45, 2.75) is 64.5 Å². The van der Waals surface area contributed by atoms with Crippen molar-refractivity contribution in [2.24, 2.45) is 35.3 Å². The van der Waals surface area contributed by atoms with Crippen LogP contribution in [0.2, 0.25) is 0 Å². The van der Waals surface area contributed by atoms with Crippen molar-refractivity contribution < 1.29 is 4.79 Å². The molecule has 4 rings (SSSR count). The molecule has 3 nitrogen and oxygen atoms in total. The van der Waals surface area contributed by atoms with Crippen LogP contribution in [-0.4, -0.2) is 18.0 Å². The van der Waals surface area contributed by atoms with E-state index in [1.54, 1.807) is 0 Å². The third-order valence-electron chi connectivity index (χ3n) is 6.10. The minimum atomic E-state index is -0.331. The standard InChI is InChI=1S/C16H28N2O/c1-3-9(2)14(17)16(19)18-15-12-5-10-4-11(7-12)8-13(15)6-10/h9-15H,3-8,17H2,1-2H3,(H,18,19)/t9-,10?,11?,12?,13?,14-,15?/m0/s1. The lowest BCUT2D eigenvalue weighted by Gasteiger charge is -2.54. The highest BCUT2D eigenvalue weighted by molar-refractivity contribution is 5.82. The van der Waals surface area contributed by atoms with Gasteiger partial charge in [0.1, 0.15) is 0 Å². The lowest BCUT2D eigenvalue weighted by Crippen LogP contribution is -2.58. The first-order chi connectivity index (χ1) is 9.08. The van der Waals surface area contributed by atoms with Crippen molar-refractivity contribution in [3.05, 3.63) is 0 Å². The van der Waals surface area contributed by atoms with Crippen LogP contribution in [0.15, 0.2) is 0 Å². The van der Waals surface area contributed by atoms with E-state index in [2.05, 4.69) is 19.2 Å². The van der Waals surface area contributed by atoms with Gasteiger partial charge in [0.05, 0.1) is 6.04 Å². The molecule has 0 unspecified atom stereocenters. The summed E-state index contributed by atoms with van der Waals surface area (Å²) in [7, 11) is 0. The zero-order valence-electron chi connectivity index (χ0n) is 12.3. The summed E-state index contributed by atoms with van der Waals surface area (Å²) in [6.07, 6.45) is 7.80. The lowest BCUT2D eigenvalue weighted by atomic mass is 9.54. The molecule has 1 amide bonds. The summed E-state index contributed by atoms with van der Waals surface area (Å²) in [6.45, 7) is 4.17. The van der Waals surface area contributed by atoms with E-state index >= 15 is 0 Å². The van der Waals surface area contributed by atoms with E-state index in [0.29, 0.717) is 6.04 Å². The Bertz CT molecular complexity index is 327. The molecule has 3 heteroatoms. The Morgan fingerprint density at radius 2 is 1.68 bits per heavy atom. The van der Waals surface area contributed by atoms with Gasteiger partial charge >= 0.3 is 0 Å². The molecule has 0 spiro atoms. The smallest absolute Gasteiger partial charge is 0.237 e. The molecule has 4 aliphatic carbocycles. The number of nitrogens with two attached hydrogens (primary N) is 1. The van der Waals surface area contributed by atoms with Crippen molar-refractivity contribution >= 4 is 5.91 Å². The zero-order valence-corrected chi connectivity index (χ0v) is 12.3. The summed E-state index contributed by atoms with van der Waals surface area (Å²) in [6, 6.07) is 0.0950. The van der Waals surface area contributed by atoms with Gasteiger partial charge in [0, 0.05) is 6.04 Å². The molecular weight excluding hydrogens is 236 g/mol. The van der Waals surface area contributed by atoms with Crippen molar-refractivity contribution in [3.8, 4) is 0 Å². The fourth-order valence-electron chi connectivity index (χ4n) is 4.93. The second-order valence-corrected chi connectivity index (χ2v) is 7.38. The van der Waals surface area contributed by atoms with Crippen LogP contribution in [0.3, 0.4) is 0 Å². The second-order valence-electron chi connectivity index (χ2n) is 7.38. The van der Waals surface area contributed by atoms with Gasteiger partial charge < -0.3 is 11.1 Å². The molecule has 3 N–H and O–H groups in total. The summed E-state index contributed by atoms with van der Waals surface area (Å²) < 4.78 is 0. The summed E-state index contributed by atoms with van der Waals surface area (Å²) >= 11 is 0. The maximum atomic E-state index is 12.3. The van der Waals surface area contributed by atoms with Gasteiger partial charge in [-0.1, -0.05) is 20.3 Å². The molecule has 0 heterocycles. The number of carbonyl (C=O) groups is 1. The minimum absolute atomic E-state index is 0.0897. The van der Waals surface area contributed by atoms with Crippen LogP contribution in [0.1, 0.15) is 52.4 Å². The SMILES string of the molecule is CC[C@H](C)[C@H](N)C(=O)NC1C2CC3CC(C2)CC1C3. The second kappa shape index (κ2) is 5.08. The van der Waals surface area contributed by atoms with Crippen LogP contribution >= 0.6 is 0 Å². The molecule has 0 aromatic rings. The minimum Gasteiger partial charge on any atom is -0.351 e. The predicted octanol–water partition coefficient (Wildman–Crippen LogP) is 2.30. The highest BCUT2D eigenvalue weighted by Gasteiger charge is 2.48. The van der Waals surface area contributed by atoms with Crippen LogP contribution in [0, 0.1) is 29.6 Å². The molecule has 0 saturated heterocycles. The molecule has 2 atom stereocenters. The van der Waals surface area contributed by atoms with E-state index in [1.807, 2.05) is 0 Å². The molecule has 0 radical (unpaired) electrons. The quantitative estimate of drug-likeness (QED) is 0.818. The Labute approximate surface area is 116 Å². The Balaban J connectivity index is 1.62. The van der Waals surface area contributed by atoms with Gasteiger partial charge in [0.15, 0.2) is 0 Å². The summed E-state index contributed by atoms with van der Waals surface area (Å²) in [5.41, 5.74) is 6.06. The summed E-state index contributed by atoms with van der Waals surface area (Å²) in [5.74, 6) is 3.76. The van der Waals surface area contributed by atoms with Gasteiger partial charge in [-0.15, -0.1) is 0 Å². The Hall–Kier alpha value is -0.570. The average molecular weight is 264 g/mol. The molecule has 4 aliphatic rings. The topological polar surface area (TPSA) is 55.1 Å². The van der Waals surface area contributed by atoms with Crippen molar-refractivity contribution in [3.63, 3.8) is 0 Å². The van der Waals surface area contributed by atoms with Crippen LogP contribution in [0.4, 0.5) is 0 Å². The van der Waals surface area contributed by atoms with Gasteiger partial charge in [-0.3, -0.25) is 4.79 Å². The normalized spacial score (nSPS) is 43.0. The summed E-state index contributed by atoms with van der Waals surface area (Å²) in [5, 5.41) is 3.31. The number of rotatable bonds is 4. The van der Waals surface area contributed by atoms with Gasteiger partial charge in [0.2, 0.25) is 5.91 Å². The number of hydrogen-bond acceptors (Lipinski definition) is 2. The molecular formula is C16H28N2O. The molecule has 4 fully saturated rings. The maximum Gasteiger partial charge on any atom is 0.237 e. The zero-order chi connectivity index (χ0) is 13.6. The van der Waals surface area contributed by atoms with Crippen LogP contribution < -0.4 is 11.1 Å². The predicted molar refractivity (Wildman–Crippen MR) is 76.4 cm³/mol. The van der Waals surface area contributed by atoms with Crippen LogP contribution in [0.5, 0.6) is 0 Å².